The molecular formula is C22H25N3O3. The molecule has 2 aliphatic rings. The zero-order chi connectivity index (χ0) is 18.9. The van der Waals surface area contributed by atoms with E-state index in [1.54, 1.807) is 6.07 Å². The fraction of sp³-hybridized carbons (Fsp3) is 0.409. The number of H-pyrrole nitrogens is 1. The molecule has 6 nitrogen and oxygen atoms in total. The van der Waals surface area contributed by atoms with Gasteiger partial charge in [0.15, 0.2) is 0 Å². The highest BCUT2D eigenvalue weighted by Gasteiger charge is 2.24. The minimum Gasteiger partial charge on any atom is -0.506 e. The number of para-hydroxylation sites is 1. The van der Waals surface area contributed by atoms with Crippen LogP contribution in [-0.4, -0.2) is 46.3 Å². The Morgan fingerprint density at radius 1 is 1.14 bits per heavy atom. The highest BCUT2D eigenvalue weighted by molar-refractivity contribution is 5.84. The molecule has 4 heterocycles. The molecule has 1 saturated heterocycles. The van der Waals surface area contributed by atoms with E-state index in [4.69, 9.17) is 9.47 Å². The summed E-state index contributed by atoms with van der Waals surface area (Å²) in [5, 5.41) is 11.4. The quantitative estimate of drug-likeness (QED) is 0.712. The fourth-order valence-corrected chi connectivity index (χ4v) is 4.26. The number of aryl methyl sites for hydroxylation is 1. The van der Waals surface area contributed by atoms with Crippen LogP contribution < -0.4 is 0 Å². The van der Waals surface area contributed by atoms with Crippen LogP contribution in [0.5, 0.6) is 5.75 Å². The van der Waals surface area contributed by atoms with Crippen molar-refractivity contribution >= 4 is 10.9 Å². The highest BCUT2D eigenvalue weighted by Crippen LogP contribution is 2.30. The molecule has 3 aromatic rings. The zero-order valence-corrected chi connectivity index (χ0v) is 15.9. The largest absolute Gasteiger partial charge is 0.506 e. The molecule has 0 amide bonds. The van der Waals surface area contributed by atoms with Crippen LogP contribution in [-0.2, 0) is 28.9 Å². The van der Waals surface area contributed by atoms with Gasteiger partial charge in [-0.2, -0.15) is 0 Å². The third-order valence-corrected chi connectivity index (χ3v) is 5.67. The van der Waals surface area contributed by atoms with Gasteiger partial charge >= 0.3 is 0 Å². The van der Waals surface area contributed by atoms with Gasteiger partial charge in [0.1, 0.15) is 11.4 Å². The number of aromatic hydroxyl groups is 1. The van der Waals surface area contributed by atoms with E-state index in [2.05, 4.69) is 39.1 Å². The van der Waals surface area contributed by atoms with Crippen molar-refractivity contribution in [2.24, 2.45) is 0 Å². The molecule has 2 aliphatic heterocycles. The van der Waals surface area contributed by atoms with Gasteiger partial charge in [-0.15, -0.1) is 0 Å². The summed E-state index contributed by atoms with van der Waals surface area (Å²) in [4.78, 5) is 10.7. The molecule has 28 heavy (non-hydrogen) atoms. The molecule has 5 rings (SSSR count). The average molecular weight is 379 g/mol. The Kier molecular flexibility index (Phi) is 4.76. The summed E-state index contributed by atoms with van der Waals surface area (Å²) in [7, 11) is 0. The maximum Gasteiger partial charge on any atom is 0.204 e. The fourth-order valence-electron chi connectivity index (χ4n) is 4.26. The predicted octanol–water partition coefficient (Wildman–Crippen LogP) is 3.30. The van der Waals surface area contributed by atoms with Crippen molar-refractivity contribution in [3.63, 3.8) is 0 Å². The number of nitrogens with one attached hydrogen (secondary N) is 1. The summed E-state index contributed by atoms with van der Waals surface area (Å²) >= 11 is 0. The summed E-state index contributed by atoms with van der Waals surface area (Å²) in [6, 6.07) is 12.2. The van der Waals surface area contributed by atoms with Crippen molar-refractivity contribution in [1.82, 2.24) is 14.9 Å². The van der Waals surface area contributed by atoms with Gasteiger partial charge in [0, 0.05) is 35.4 Å². The number of benzene rings is 1. The molecule has 2 aromatic heterocycles. The molecule has 1 fully saturated rings. The van der Waals surface area contributed by atoms with Gasteiger partial charge in [0.25, 0.3) is 0 Å². The first-order chi connectivity index (χ1) is 13.8. The van der Waals surface area contributed by atoms with Gasteiger partial charge in [-0.05, 0) is 49.6 Å². The lowest BCUT2D eigenvalue weighted by atomic mass is 10.0. The molecule has 0 atom stereocenters. The average Bonchev–Trinajstić information content (AvgIpc) is 3.36. The van der Waals surface area contributed by atoms with E-state index in [0.29, 0.717) is 18.9 Å². The summed E-state index contributed by atoms with van der Waals surface area (Å²) < 4.78 is 11.0. The molecule has 0 saturated carbocycles. The van der Waals surface area contributed by atoms with Crippen molar-refractivity contribution in [2.45, 2.75) is 32.1 Å². The molecule has 0 aliphatic carbocycles. The van der Waals surface area contributed by atoms with Crippen LogP contribution in [0.3, 0.4) is 0 Å². The van der Waals surface area contributed by atoms with E-state index in [9.17, 15) is 5.11 Å². The Morgan fingerprint density at radius 2 is 2.00 bits per heavy atom. The monoisotopic (exact) mass is 379 g/mol. The number of hydrogen-bond donors (Lipinski definition) is 2. The number of pyridine rings is 1. The molecule has 0 bridgehead atoms. The van der Waals surface area contributed by atoms with Crippen molar-refractivity contribution < 1.29 is 14.6 Å². The van der Waals surface area contributed by atoms with Crippen LogP contribution in [0.4, 0.5) is 0 Å². The molecular weight excluding hydrogens is 354 g/mol. The smallest absolute Gasteiger partial charge is 0.204 e. The van der Waals surface area contributed by atoms with E-state index < -0.39 is 6.29 Å². The lowest BCUT2D eigenvalue weighted by Gasteiger charge is -2.26. The molecule has 0 radical (unpaired) electrons. The molecule has 2 N–H and O–H groups in total. The maximum absolute atomic E-state index is 10.0. The normalized spacial score (nSPS) is 18.0. The Balaban J connectivity index is 1.20. The second kappa shape index (κ2) is 7.54. The SMILES string of the molecule is Oc1ccc(CCCN2CCc3c([nH]c4ccccc34)C2)nc1C1OCCO1. The Labute approximate surface area is 164 Å². The zero-order valence-electron chi connectivity index (χ0n) is 15.9. The summed E-state index contributed by atoms with van der Waals surface area (Å²) in [5.41, 5.74) is 5.54. The standard InChI is InChI=1S/C22H25N3O3/c26-20-8-7-15(23-21(20)22-27-12-13-28-22)4-3-10-25-11-9-17-16-5-1-2-6-18(16)24-19(17)14-25/h1-2,5-8,22,24,26H,3-4,9-14H2. The van der Waals surface area contributed by atoms with E-state index in [1.165, 1.54) is 22.2 Å². The second-order valence-electron chi connectivity index (χ2n) is 7.54. The van der Waals surface area contributed by atoms with Crippen LogP contribution in [0, 0.1) is 0 Å². The van der Waals surface area contributed by atoms with Crippen LogP contribution >= 0.6 is 0 Å². The lowest BCUT2D eigenvalue weighted by molar-refractivity contribution is -0.0488. The van der Waals surface area contributed by atoms with Crippen molar-refractivity contribution in [1.29, 1.82) is 0 Å². The molecule has 0 unspecified atom stereocenters. The molecule has 6 heteroatoms. The molecule has 0 spiro atoms. The van der Waals surface area contributed by atoms with Gasteiger partial charge in [-0.3, -0.25) is 4.90 Å². The van der Waals surface area contributed by atoms with E-state index >= 15 is 0 Å². The maximum atomic E-state index is 10.0. The van der Waals surface area contributed by atoms with E-state index in [-0.39, 0.29) is 5.75 Å². The Bertz CT molecular complexity index is 978. The highest BCUT2D eigenvalue weighted by atomic mass is 16.7. The first kappa shape index (κ1) is 17.7. The topological polar surface area (TPSA) is 70.6 Å². The van der Waals surface area contributed by atoms with Crippen molar-refractivity contribution in [2.75, 3.05) is 26.3 Å². The summed E-state index contributed by atoms with van der Waals surface area (Å²) in [6.07, 6.45) is 2.45. The van der Waals surface area contributed by atoms with Gasteiger partial charge in [0.2, 0.25) is 6.29 Å². The number of rotatable bonds is 5. The first-order valence-electron chi connectivity index (χ1n) is 10.0. The number of aromatic amines is 1. The summed E-state index contributed by atoms with van der Waals surface area (Å²) in [5.74, 6) is 0.137. The molecule has 146 valence electrons. The minimum atomic E-state index is -0.539. The van der Waals surface area contributed by atoms with Crippen LogP contribution in [0.15, 0.2) is 36.4 Å². The Morgan fingerprint density at radius 3 is 2.89 bits per heavy atom. The number of nitrogens with zero attached hydrogens (tertiary/aromatic N) is 2. The number of aromatic nitrogens is 2. The lowest BCUT2D eigenvalue weighted by Crippen LogP contribution is -2.31. The van der Waals surface area contributed by atoms with Crippen LogP contribution in [0.25, 0.3) is 10.9 Å². The van der Waals surface area contributed by atoms with E-state index in [0.717, 1.165) is 44.6 Å². The van der Waals surface area contributed by atoms with Crippen molar-refractivity contribution in [3.8, 4) is 5.75 Å². The van der Waals surface area contributed by atoms with Crippen LogP contribution in [0.2, 0.25) is 0 Å². The predicted molar refractivity (Wildman–Crippen MR) is 106 cm³/mol. The van der Waals surface area contributed by atoms with Gasteiger partial charge in [-0.1, -0.05) is 18.2 Å². The second-order valence-corrected chi connectivity index (χ2v) is 7.54. The van der Waals surface area contributed by atoms with Crippen molar-refractivity contribution in [3.05, 3.63) is 59.0 Å². The number of hydrogen-bond acceptors (Lipinski definition) is 5. The van der Waals surface area contributed by atoms with Crippen LogP contribution in [0.1, 0.15) is 35.4 Å². The third-order valence-electron chi connectivity index (χ3n) is 5.67. The van der Waals surface area contributed by atoms with Gasteiger partial charge in [0.05, 0.1) is 13.2 Å². The van der Waals surface area contributed by atoms with E-state index in [1.807, 2.05) is 6.07 Å². The first-order valence-corrected chi connectivity index (χ1v) is 10.0. The van der Waals surface area contributed by atoms with Gasteiger partial charge in [-0.25, -0.2) is 4.98 Å². The number of ether oxygens (including phenoxy) is 2. The minimum absolute atomic E-state index is 0.137. The Hall–Kier alpha value is -2.41. The third kappa shape index (κ3) is 3.39. The number of fused-ring (bicyclic) bond motifs is 3. The van der Waals surface area contributed by atoms with Gasteiger partial charge < -0.3 is 19.6 Å². The molecule has 1 aromatic carbocycles. The summed E-state index contributed by atoms with van der Waals surface area (Å²) in [6.45, 7) is 4.18.